The van der Waals surface area contributed by atoms with Gasteiger partial charge in [0.2, 0.25) is 0 Å². The van der Waals surface area contributed by atoms with Gasteiger partial charge in [-0.2, -0.15) is 0 Å². The molecule has 0 spiro atoms. The maximum atomic E-state index is 3.87. The molecule has 0 unspecified atom stereocenters. The first-order valence-corrected chi connectivity index (χ1v) is 1.46. The van der Waals surface area contributed by atoms with Crippen LogP contribution in [0.2, 0.25) is 0 Å². The SMILES string of the molecule is O.[Ag][O][Ag]. The quantitative estimate of drug-likeness (QED) is 0.513. The molecule has 0 aromatic carbocycles. The van der Waals surface area contributed by atoms with E-state index in [0.717, 1.165) is 0 Å². The summed E-state index contributed by atoms with van der Waals surface area (Å²) in [6.07, 6.45) is 0. The summed E-state index contributed by atoms with van der Waals surface area (Å²) < 4.78 is 3.87. The molecule has 0 heterocycles. The number of rotatable bonds is 0. The van der Waals surface area contributed by atoms with Crippen LogP contribution in [0.25, 0.3) is 0 Å². The van der Waals surface area contributed by atoms with Gasteiger partial charge in [-0.3, -0.25) is 0 Å². The zero-order valence-corrected chi connectivity index (χ0v) is 4.48. The molecular formula is H2Ag2O2. The van der Waals surface area contributed by atoms with Gasteiger partial charge < -0.3 is 5.48 Å². The molecule has 0 rings (SSSR count). The third kappa shape index (κ3) is 9.99. The van der Waals surface area contributed by atoms with Crippen LogP contribution in [0.5, 0.6) is 0 Å². The van der Waals surface area contributed by atoms with E-state index in [9.17, 15) is 0 Å². The van der Waals surface area contributed by atoms with Crippen LogP contribution in [0.1, 0.15) is 0 Å². The molecule has 0 bridgehead atoms. The summed E-state index contributed by atoms with van der Waals surface area (Å²) in [5.41, 5.74) is 0. The second-order valence-corrected chi connectivity index (χ2v) is 1.30. The average Bonchev–Trinajstić information content (AvgIpc) is 0.918. The predicted octanol–water partition coefficient (Wildman–Crippen LogP) is -0.898. The van der Waals surface area contributed by atoms with Crippen molar-refractivity contribution in [2.75, 3.05) is 0 Å². The minimum atomic E-state index is 0. The fourth-order valence-electron chi connectivity index (χ4n) is 0. The third-order valence-electron chi connectivity index (χ3n) is 0. The van der Waals surface area contributed by atoms with Crippen molar-refractivity contribution in [2.24, 2.45) is 0 Å². The van der Waals surface area contributed by atoms with E-state index < -0.39 is 0 Å². The van der Waals surface area contributed by atoms with Crippen LogP contribution >= 0.6 is 0 Å². The second kappa shape index (κ2) is 8.83. The Labute approximate surface area is 50.0 Å². The first-order chi connectivity index (χ1) is 1.41. The summed E-state index contributed by atoms with van der Waals surface area (Å²) in [4.78, 5) is 0. The van der Waals surface area contributed by atoms with E-state index in [2.05, 4.69) is 44.7 Å². The molecule has 4 heavy (non-hydrogen) atoms. The Bertz CT molecular complexity index is 4.00. The van der Waals surface area contributed by atoms with Crippen molar-refractivity contribution in [3.8, 4) is 0 Å². The van der Waals surface area contributed by atoms with Crippen molar-refractivity contribution in [2.45, 2.75) is 0 Å². The average molecular weight is 250 g/mol. The van der Waals surface area contributed by atoms with Crippen molar-refractivity contribution in [3.05, 3.63) is 0 Å². The molecule has 0 radical (unpaired) electrons. The molecule has 0 aliphatic carbocycles. The predicted molar refractivity (Wildman–Crippen MR) is 4.70 cm³/mol. The van der Waals surface area contributed by atoms with E-state index in [1.54, 1.807) is 0 Å². The summed E-state index contributed by atoms with van der Waals surface area (Å²) in [7, 11) is 0. The Balaban J connectivity index is 0. The first kappa shape index (κ1) is 9.04. The van der Waals surface area contributed by atoms with Crippen molar-refractivity contribution in [1.29, 1.82) is 0 Å². The molecule has 0 amide bonds. The fourth-order valence-corrected chi connectivity index (χ4v) is 0. The summed E-state index contributed by atoms with van der Waals surface area (Å²) in [5.74, 6) is 0. The normalized spacial score (nSPS) is 5.00. The van der Waals surface area contributed by atoms with Crippen molar-refractivity contribution < 1.29 is 50.2 Å². The summed E-state index contributed by atoms with van der Waals surface area (Å²) in [5, 5.41) is 0. The molecule has 4 heteroatoms. The molecule has 0 aromatic rings. The van der Waals surface area contributed by atoms with E-state index in [1.165, 1.54) is 0 Å². The molecule has 0 atom stereocenters. The second-order valence-electron chi connectivity index (χ2n) is 0.0371. The van der Waals surface area contributed by atoms with Crippen LogP contribution in [0, 0.1) is 0 Å². The molecule has 0 saturated carbocycles. The van der Waals surface area contributed by atoms with E-state index in [-0.39, 0.29) is 5.48 Å². The van der Waals surface area contributed by atoms with Crippen molar-refractivity contribution in [3.63, 3.8) is 0 Å². The molecule has 2 nitrogen and oxygen atoms in total. The Hall–Kier alpha value is 1.40. The molecule has 0 aliphatic heterocycles. The van der Waals surface area contributed by atoms with Gasteiger partial charge in [0.1, 0.15) is 0 Å². The molecule has 36 valence electrons. The van der Waals surface area contributed by atoms with Crippen LogP contribution in [0.4, 0.5) is 0 Å². The monoisotopic (exact) mass is 248 g/mol. The fraction of sp³-hybridized carbons (Fsp3) is 0. The summed E-state index contributed by atoms with van der Waals surface area (Å²) >= 11 is 5.15. The van der Waals surface area contributed by atoms with E-state index in [0.29, 0.717) is 0 Å². The standard InChI is InChI=1S/2Ag.H2O.O/h;;1H2;. The Morgan fingerprint density at radius 1 is 1.25 bits per heavy atom. The van der Waals surface area contributed by atoms with Gasteiger partial charge in [-0.25, -0.2) is 0 Å². The number of hydrogen-bond acceptors (Lipinski definition) is 1. The summed E-state index contributed by atoms with van der Waals surface area (Å²) in [6, 6.07) is 0. The van der Waals surface area contributed by atoms with Crippen LogP contribution < -0.4 is 0 Å². The molecule has 0 aromatic heterocycles. The number of hydrogen-bond donors (Lipinski definition) is 0. The molecule has 0 saturated heterocycles. The third-order valence-corrected chi connectivity index (χ3v) is 0. The Morgan fingerprint density at radius 2 is 1.25 bits per heavy atom. The van der Waals surface area contributed by atoms with Crippen molar-refractivity contribution >= 4 is 0 Å². The van der Waals surface area contributed by atoms with Crippen LogP contribution in [0.15, 0.2) is 0 Å². The van der Waals surface area contributed by atoms with E-state index >= 15 is 0 Å². The van der Waals surface area contributed by atoms with Crippen LogP contribution in [-0.2, 0) is 44.7 Å². The topological polar surface area (TPSA) is 40.7 Å². The van der Waals surface area contributed by atoms with Crippen molar-refractivity contribution in [1.82, 2.24) is 0 Å². The zero-order valence-electron chi connectivity index (χ0n) is 1.51. The molecular weight excluding hydrogens is 248 g/mol. The molecule has 2 N–H and O–H groups in total. The van der Waals surface area contributed by atoms with Gasteiger partial charge in [0, 0.05) is 0 Å². The van der Waals surface area contributed by atoms with E-state index in [4.69, 9.17) is 0 Å². The van der Waals surface area contributed by atoms with Gasteiger partial charge in [-0.15, -0.1) is 0 Å². The zero-order chi connectivity index (χ0) is 2.71. The van der Waals surface area contributed by atoms with Gasteiger partial charge in [0.15, 0.2) is 0 Å². The van der Waals surface area contributed by atoms with Gasteiger partial charge in [-0.05, 0) is 0 Å². The van der Waals surface area contributed by atoms with Gasteiger partial charge in [0.05, 0.1) is 0 Å². The van der Waals surface area contributed by atoms with Crippen LogP contribution in [0.3, 0.4) is 0 Å². The van der Waals surface area contributed by atoms with Gasteiger partial charge >= 0.3 is 44.7 Å². The van der Waals surface area contributed by atoms with E-state index in [1.807, 2.05) is 0 Å². The van der Waals surface area contributed by atoms with Gasteiger partial charge in [-0.1, -0.05) is 0 Å². The maximum absolute atomic E-state index is 3.87. The molecule has 0 fully saturated rings. The van der Waals surface area contributed by atoms with Crippen LogP contribution in [-0.4, -0.2) is 5.48 Å². The summed E-state index contributed by atoms with van der Waals surface area (Å²) in [6.45, 7) is 0. The Morgan fingerprint density at radius 3 is 1.25 bits per heavy atom. The molecule has 0 aliphatic rings. The minimum absolute atomic E-state index is 0. The Kier molecular flexibility index (Phi) is 20.0. The first-order valence-electron chi connectivity index (χ1n) is 0.246. The van der Waals surface area contributed by atoms with Gasteiger partial charge in [0.25, 0.3) is 0 Å².